The smallest absolute Gasteiger partial charge is 0.243 e. The molecule has 44 heavy (non-hydrogen) atoms. The van der Waals surface area contributed by atoms with Crippen LogP contribution >= 0.6 is 11.3 Å². The standard InChI is InChI=1S/C31H49N7O5S/c1-7-26(39)35-24(16-27-36-21-12-11-20(18(4)5)15-25(21)44-27)31(43)34-19(6)29(41)37-22(10-8-9-13-32)30(42)38-23(28(33)40)14-17(2)3/h11-12,15,17-19,22-24H,7-10,13-14,16,32H2,1-6H3,(H2,33,40)(H,34,43)(H,35,39)(H,37,41)(H,38,42)/t19-,22-,23-,24-/m0/s1. The molecule has 5 amide bonds. The maximum atomic E-state index is 13.4. The number of nitrogens with zero attached hydrogens (tertiary/aromatic N) is 1. The van der Waals surface area contributed by atoms with Gasteiger partial charge in [0.05, 0.1) is 15.2 Å². The zero-order valence-electron chi connectivity index (χ0n) is 26.7. The van der Waals surface area contributed by atoms with Crippen LogP contribution in [-0.4, -0.2) is 65.2 Å². The highest BCUT2D eigenvalue weighted by Gasteiger charge is 2.30. The van der Waals surface area contributed by atoms with Gasteiger partial charge in [0.1, 0.15) is 24.2 Å². The van der Waals surface area contributed by atoms with Crippen LogP contribution in [0.3, 0.4) is 0 Å². The number of fused-ring (bicyclic) bond motifs is 1. The Balaban J connectivity index is 2.15. The van der Waals surface area contributed by atoms with Gasteiger partial charge < -0.3 is 32.7 Å². The van der Waals surface area contributed by atoms with Crippen molar-refractivity contribution in [1.29, 1.82) is 0 Å². The van der Waals surface area contributed by atoms with Crippen LogP contribution in [0.25, 0.3) is 10.2 Å². The molecule has 12 nitrogen and oxygen atoms in total. The number of nitrogens with one attached hydrogen (secondary N) is 4. The van der Waals surface area contributed by atoms with Crippen molar-refractivity contribution >= 4 is 51.1 Å². The molecule has 4 atom stereocenters. The van der Waals surface area contributed by atoms with Gasteiger partial charge in [-0.1, -0.05) is 40.7 Å². The number of aromatic nitrogens is 1. The fourth-order valence-corrected chi connectivity index (χ4v) is 5.60. The molecule has 0 aliphatic rings. The number of hydrogen-bond acceptors (Lipinski definition) is 8. The number of hydrogen-bond donors (Lipinski definition) is 6. The minimum absolute atomic E-state index is 0.106. The molecule has 1 aromatic heterocycles. The number of carbonyl (C=O) groups is 5. The molecule has 0 spiro atoms. The molecule has 8 N–H and O–H groups in total. The minimum atomic E-state index is -1.03. The van der Waals surface area contributed by atoms with Crippen LogP contribution < -0.4 is 32.7 Å². The molecular formula is C31H49N7O5S. The number of thiazole rings is 1. The third-order valence-electron chi connectivity index (χ3n) is 7.17. The summed E-state index contributed by atoms with van der Waals surface area (Å²) >= 11 is 1.46. The zero-order chi connectivity index (χ0) is 33.0. The van der Waals surface area contributed by atoms with E-state index in [1.807, 2.05) is 26.0 Å². The number of unbranched alkanes of at least 4 members (excludes halogenated alkanes) is 1. The molecule has 0 bridgehead atoms. The van der Waals surface area contributed by atoms with Crippen LogP contribution in [0, 0.1) is 5.92 Å². The molecule has 0 saturated heterocycles. The van der Waals surface area contributed by atoms with E-state index in [4.69, 9.17) is 11.5 Å². The van der Waals surface area contributed by atoms with Crippen LogP contribution in [0.1, 0.15) is 90.1 Å². The van der Waals surface area contributed by atoms with Crippen LogP contribution in [0.15, 0.2) is 18.2 Å². The lowest BCUT2D eigenvalue weighted by molar-refractivity contribution is -0.134. The largest absolute Gasteiger partial charge is 0.368 e. The Bertz CT molecular complexity index is 1300. The average molecular weight is 632 g/mol. The second kappa shape index (κ2) is 17.6. The van der Waals surface area contributed by atoms with Gasteiger partial charge in [0, 0.05) is 12.8 Å². The van der Waals surface area contributed by atoms with E-state index < -0.39 is 47.8 Å². The normalized spacial score (nSPS) is 14.1. The van der Waals surface area contributed by atoms with E-state index in [1.54, 1.807) is 6.92 Å². The van der Waals surface area contributed by atoms with Gasteiger partial charge in [0.2, 0.25) is 29.5 Å². The van der Waals surface area contributed by atoms with Gasteiger partial charge in [-0.2, -0.15) is 0 Å². The number of rotatable bonds is 18. The number of carbonyl (C=O) groups excluding carboxylic acids is 5. The summed E-state index contributed by atoms with van der Waals surface area (Å²) in [5.41, 5.74) is 13.1. The topological polar surface area (TPSA) is 198 Å². The molecule has 2 aromatic rings. The predicted octanol–water partition coefficient (Wildman–Crippen LogP) is 1.99. The molecule has 0 unspecified atom stereocenters. The van der Waals surface area contributed by atoms with E-state index in [9.17, 15) is 24.0 Å². The number of nitrogens with two attached hydrogens (primary N) is 2. The van der Waals surface area contributed by atoms with Crippen molar-refractivity contribution in [3.63, 3.8) is 0 Å². The molecule has 0 saturated carbocycles. The fourth-order valence-electron chi connectivity index (χ4n) is 4.54. The van der Waals surface area contributed by atoms with Crippen LogP contribution in [0.2, 0.25) is 0 Å². The van der Waals surface area contributed by atoms with E-state index in [0.29, 0.717) is 36.7 Å². The quantitative estimate of drug-likeness (QED) is 0.135. The molecule has 2 rings (SSSR count). The number of amides is 5. The highest BCUT2D eigenvalue weighted by Crippen LogP contribution is 2.27. The summed E-state index contributed by atoms with van der Waals surface area (Å²) in [5.74, 6) is -2.19. The van der Waals surface area contributed by atoms with Gasteiger partial charge in [0.25, 0.3) is 0 Å². The van der Waals surface area contributed by atoms with Crippen molar-refractivity contribution in [3.8, 4) is 0 Å². The Kier molecular flexibility index (Phi) is 14.7. The van der Waals surface area contributed by atoms with Crippen molar-refractivity contribution in [3.05, 3.63) is 28.8 Å². The zero-order valence-corrected chi connectivity index (χ0v) is 27.5. The molecule has 244 valence electrons. The fraction of sp³-hybridized carbons (Fsp3) is 0.613. The van der Waals surface area contributed by atoms with Gasteiger partial charge >= 0.3 is 0 Å². The van der Waals surface area contributed by atoms with E-state index in [-0.39, 0.29) is 31.1 Å². The van der Waals surface area contributed by atoms with Gasteiger partial charge in [-0.3, -0.25) is 24.0 Å². The average Bonchev–Trinajstić information content (AvgIpc) is 3.36. The molecule has 1 aromatic carbocycles. The first-order valence-electron chi connectivity index (χ1n) is 15.3. The Morgan fingerprint density at radius 3 is 2.11 bits per heavy atom. The van der Waals surface area contributed by atoms with Crippen molar-refractivity contribution in [2.75, 3.05) is 6.54 Å². The van der Waals surface area contributed by atoms with E-state index in [2.05, 4.69) is 46.2 Å². The lowest BCUT2D eigenvalue weighted by Gasteiger charge is -2.25. The second-order valence-corrected chi connectivity index (χ2v) is 13.0. The van der Waals surface area contributed by atoms with E-state index >= 15 is 0 Å². The van der Waals surface area contributed by atoms with Crippen molar-refractivity contribution in [2.45, 2.75) is 110 Å². The third-order valence-corrected chi connectivity index (χ3v) is 8.21. The van der Waals surface area contributed by atoms with Gasteiger partial charge in [-0.25, -0.2) is 4.98 Å². The molecule has 13 heteroatoms. The maximum absolute atomic E-state index is 13.4. The highest BCUT2D eigenvalue weighted by molar-refractivity contribution is 7.18. The monoisotopic (exact) mass is 631 g/mol. The Morgan fingerprint density at radius 2 is 1.52 bits per heavy atom. The van der Waals surface area contributed by atoms with E-state index in [0.717, 1.165) is 10.2 Å². The molecule has 0 radical (unpaired) electrons. The Morgan fingerprint density at radius 1 is 0.864 bits per heavy atom. The Labute approximate surface area is 263 Å². The summed E-state index contributed by atoms with van der Waals surface area (Å²) in [6.07, 6.45) is 2.17. The van der Waals surface area contributed by atoms with Gasteiger partial charge in [0.15, 0.2) is 0 Å². The summed E-state index contributed by atoms with van der Waals surface area (Å²) in [4.78, 5) is 68.5. The lowest BCUT2D eigenvalue weighted by atomic mass is 10.0. The van der Waals surface area contributed by atoms with E-state index in [1.165, 1.54) is 23.8 Å². The van der Waals surface area contributed by atoms with Crippen LogP contribution in [0.4, 0.5) is 0 Å². The Hall–Kier alpha value is -3.58. The van der Waals surface area contributed by atoms with Crippen molar-refractivity contribution in [1.82, 2.24) is 26.3 Å². The highest BCUT2D eigenvalue weighted by atomic mass is 32.1. The number of benzene rings is 1. The third kappa shape index (κ3) is 11.5. The molecule has 0 aliphatic carbocycles. The molecular weight excluding hydrogens is 582 g/mol. The first kappa shape index (κ1) is 36.6. The summed E-state index contributed by atoms with van der Waals surface area (Å²) in [6.45, 7) is 11.6. The summed E-state index contributed by atoms with van der Waals surface area (Å²) in [7, 11) is 0. The lowest BCUT2D eigenvalue weighted by Crippen LogP contribution is -2.57. The van der Waals surface area contributed by atoms with Crippen LogP contribution in [0.5, 0.6) is 0 Å². The second-order valence-electron chi connectivity index (χ2n) is 11.8. The minimum Gasteiger partial charge on any atom is -0.368 e. The molecule has 1 heterocycles. The summed E-state index contributed by atoms with van der Waals surface area (Å²) in [6, 6.07) is 2.24. The summed E-state index contributed by atoms with van der Waals surface area (Å²) in [5, 5.41) is 11.4. The summed E-state index contributed by atoms with van der Waals surface area (Å²) < 4.78 is 0.992. The number of primary amides is 1. The van der Waals surface area contributed by atoms with Crippen molar-refractivity contribution < 1.29 is 24.0 Å². The predicted molar refractivity (Wildman–Crippen MR) is 173 cm³/mol. The van der Waals surface area contributed by atoms with Gasteiger partial charge in [-0.15, -0.1) is 11.3 Å². The van der Waals surface area contributed by atoms with Crippen LogP contribution in [-0.2, 0) is 30.4 Å². The van der Waals surface area contributed by atoms with Crippen molar-refractivity contribution in [2.24, 2.45) is 17.4 Å². The molecule has 0 fully saturated rings. The SMILES string of the molecule is CCC(=O)N[C@@H](Cc1nc2ccc(C(C)C)cc2s1)C(=O)N[C@@H](C)C(=O)N[C@@H](CCCCN)C(=O)N[C@@H](CC(C)C)C(N)=O. The molecule has 0 aliphatic heterocycles. The first-order valence-corrected chi connectivity index (χ1v) is 16.2. The first-order chi connectivity index (χ1) is 20.7. The maximum Gasteiger partial charge on any atom is 0.243 e. The van der Waals surface area contributed by atoms with Gasteiger partial charge in [-0.05, 0) is 68.7 Å².